The van der Waals surface area contributed by atoms with Gasteiger partial charge in [-0.1, -0.05) is 29.4 Å². The van der Waals surface area contributed by atoms with Gasteiger partial charge in [0, 0.05) is 24.4 Å². The molecule has 0 spiro atoms. The van der Waals surface area contributed by atoms with Gasteiger partial charge in [0.1, 0.15) is 5.82 Å². The second-order valence-electron chi connectivity index (χ2n) is 5.97. The summed E-state index contributed by atoms with van der Waals surface area (Å²) in [6.45, 7) is 2.81. The Kier molecular flexibility index (Phi) is 6.36. The Morgan fingerprint density at radius 3 is 2.89 bits per heavy atom. The standard InChI is InChI=1S/C19H19ClFN3O2S/c1-12-3-5-14(10-15(12)21)22-18(25)11-27-19-23-16-9-13(20)4-6-17(16)24(19)7-8-26-2/h3-6,9-10H,7-8,11H2,1-2H3,(H,22,25). The first kappa shape index (κ1) is 19.7. The predicted molar refractivity (Wildman–Crippen MR) is 107 cm³/mol. The molecule has 142 valence electrons. The number of hydrogen-bond acceptors (Lipinski definition) is 4. The molecule has 0 bridgehead atoms. The zero-order chi connectivity index (χ0) is 19.4. The van der Waals surface area contributed by atoms with E-state index in [0.717, 1.165) is 11.0 Å². The number of nitrogens with zero attached hydrogens (tertiary/aromatic N) is 2. The highest BCUT2D eigenvalue weighted by Gasteiger charge is 2.14. The summed E-state index contributed by atoms with van der Waals surface area (Å²) in [4.78, 5) is 16.8. The number of halogens is 2. The number of aromatic nitrogens is 2. The maximum Gasteiger partial charge on any atom is 0.234 e. The minimum atomic E-state index is -0.348. The van der Waals surface area contributed by atoms with Crippen LogP contribution in [0.4, 0.5) is 10.1 Å². The van der Waals surface area contributed by atoms with E-state index in [2.05, 4.69) is 10.3 Å². The molecule has 0 atom stereocenters. The fourth-order valence-corrected chi connectivity index (χ4v) is 3.59. The molecule has 1 heterocycles. The quantitative estimate of drug-likeness (QED) is 0.585. The number of rotatable bonds is 7. The topological polar surface area (TPSA) is 56.1 Å². The van der Waals surface area contributed by atoms with Crippen molar-refractivity contribution >= 4 is 46.0 Å². The Labute approximate surface area is 165 Å². The molecule has 1 aromatic heterocycles. The molecule has 0 aliphatic heterocycles. The Morgan fingerprint density at radius 2 is 2.15 bits per heavy atom. The minimum absolute atomic E-state index is 0.152. The minimum Gasteiger partial charge on any atom is -0.383 e. The van der Waals surface area contributed by atoms with Crippen LogP contribution in [0.3, 0.4) is 0 Å². The van der Waals surface area contributed by atoms with Gasteiger partial charge in [-0.2, -0.15) is 0 Å². The molecule has 0 fully saturated rings. The lowest BCUT2D eigenvalue weighted by atomic mass is 10.2. The van der Waals surface area contributed by atoms with Crippen LogP contribution in [-0.2, 0) is 16.1 Å². The highest BCUT2D eigenvalue weighted by molar-refractivity contribution is 7.99. The molecule has 3 aromatic rings. The Balaban J connectivity index is 1.73. The third-order valence-electron chi connectivity index (χ3n) is 3.98. The fraction of sp³-hybridized carbons (Fsp3) is 0.263. The zero-order valence-electron chi connectivity index (χ0n) is 15.0. The molecule has 8 heteroatoms. The van der Waals surface area contributed by atoms with Crippen molar-refractivity contribution in [3.05, 3.63) is 52.8 Å². The number of imidazole rings is 1. The molecular formula is C19H19ClFN3O2S. The molecule has 27 heavy (non-hydrogen) atoms. The van der Waals surface area contributed by atoms with Gasteiger partial charge in [0.05, 0.1) is 23.4 Å². The van der Waals surface area contributed by atoms with E-state index in [1.165, 1.54) is 17.8 Å². The third kappa shape index (κ3) is 4.80. The first-order chi connectivity index (χ1) is 13.0. The van der Waals surface area contributed by atoms with Crippen LogP contribution in [0.15, 0.2) is 41.6 Å². The molecule has 1 amide bonds. The Bertz CT molecular complexity index is 977. The zero-order valence-corrected chi connectivity index (χ0v) is 16.5. The number of thioether (sulfide) groups is 1. The van der Waals surface area contributed by atoms with E-state index in [9.17, 15) is 9.18 Å². The Hall–Kier alpha value is -2.09. The van der Waals surface area contributed by atoms with Crippen LogP contribution < -0.4 is 5.32 Å². The summed E-state index contributed by atoms with van der Waals surface area (Å²) in [6, 6.07) is 10.1. The van der Waals surface area contributed by atoms with E-state index < -0.39 is 0 Å². The van der Waals surface area contributed by atoms with Crippen LogP contribution in [0.5, 0.6) is 0 Å². The number of carbonyl (C=O) groups is 1. The van der Waals surface area contributed by atoms with Crippen LogP contribution in [0.1, 0.15) is 5.56 Å². The van der Waals surface area contributed by atoms with Crippen molar-refractivity contribution in [1.29, 1.82) is 0 Å². The average Bonchev–Trinajstić information content (AvgIpc) is 2.97. The lowest BCUT2D eigenvalue weighted by molar-refractivity contribution is -0.113. The first-order valence-electron chi connectivity index (χ1n) is 8.31. The average molecular weight is 408 g/mol. The van der Waals surface area contributed by atoms with E-state index in [4.69, 9.17) is 16.3 Å². The molecule has 2 aromatic carbocycles. The summed E-state index contributed by atoms with van der Waals surface area (Å²) in [5.74, 6) is -0.426. The smallest absolute Gasteiger partial charge is 0.234 e. The van der Waals surface area contributed by atoms with E-state index >= 15 is 0 Å². The highest BCUT2D eigenvalue weighted by atomic mass is 35.5. The number of anilines is 1. The number of nitrogens with one attached hydrogen (secondary N) is 1. The van der Waals surface area contributed by atoms with Crippen molar-refractivity contribution in [1.82, 2.24) is 9.55 Å². The van der Waals surface area contributed by atoms with E-state index in [1.54, 1.807) is 32.2 Å². The Morgan fingerprint density at radius 1 is 1.33 bits per heavy atom. The fourth-order valence-electron chi connectivity index (χ4n) is 2.59. The first-order valence-corrected chi connectivity index (χ1v) is 9.68. The number of benzene rings is 2. The summed E-state index contributed by atoms with van der Waals surface area (Å²) in [6.07, 6.45) is 0. The summed E-state index contributed by atoms with van der Waals surface area (Å²) in [5.41, 5.74) is 2.67. The molecule has 0 aliphatic rings. The maximum absolute atomic E-state index is 13.6. The van der Waals surface area contributed by atoms with Crippen molar-refractivity contribution in [3.8, 4) is 0 Å². The molecule has 5 nitrogen and oxygen atoms in total. The van der Waals surface area contributed by atoms with Gasteiger partial charge in [0.25, 0.3) is 0 Å². The highest BCUT2D eigenvalue weighted by Crippen LogP contribution is 2.26. The third-order valence-corrected chi connectivity index (χ3v) is 5.19. The van der Waals surface area contributed by atoms with Crippen LogP contribution in [0, 0.1) is 12.7 Å². The van der Waals surface area contributed by atoms with Crippen molar-refractivity contribution in [3.63, 3.8) is 0 Å². The van der Waals surface area contributed by atoms with E-state index in [0.29, 0.717) is 34.6 Å². The SMILES string of the molecule is COCCn1c(SCC(=O)Nc2ccc(C)c(F)c2)nc2cc(Cl)ccc21. The molecule has 1 N–H and O–H groups in total. The van der Waals surface area contributed by atoms with Crippen molar-refractivity contribution in [2.24, 2.45) is 0 Å². The normalized spacial score (nSPS) is 11.1. The van der Waals surface area contributed by atoms with E-state index in [1.807, 2.05) is 16.7 Å². The van der Waals surface area contributed by atoms with Gasteiger partial charge in [0.15, 0.2) is 5.16 Å². The van der Waals surface area contributed by atoms with Crippen molar-refractivity contribution in [2.45, 2.75) is 18.6 Å². The molecule has 3 rings (SSSR count). The van der Waals surface area contributed by atoms with Crippen LogP contribution in [0.25, 0.3) is 11.0 Å². The largest absolute Gasteiger partial charge is 0.383 e. The van der Waals surface area contributed by atoms with Gasteiger partial charge in [0.2, 0.25) is 5.91 Å². The lowest BCUT2D eigenvalue weighted by Crippen LogP contribution is -2.15. The number of methoxy groups -OCH3 is 1. The summed E-state index contributed by atoms with van der Waals surface area (Å²) >= 11 is 7.36. The summed E-state index contributed by atoms with van der Waals surface area (Å²) in [7, 11) is 1.64. The second kappa shape index (κ2) is 8.73. The van der Waals surface area contributed by atoms with Gasteiger partial charge in [-0.3, -0.25) is 4.79 Å². The molecular weight excluding hydrogens is 389 g/mol. The molecule has 0 radical (unpaired) electrons. The molecule has 0 saturated carbocycles. The number of amides is 1. The van der Waals surface area contributed by atoms with Gasteiger partial charge >= 0.3 is 0 Å². The molecule has 0 unspecified atom stereocenters. The number of aryl methyl sites for hydroxylation is 1. The van der Waals surface area contributed by atoms with Crippen LogP contribution in [0.2, 0.25) is 5.02 Å². The van der Waals surface area contributed by atoms with E-state index in [-0.39, 0.29) is 17.5 Å². The molecule has 0 aliphatic carbocycles. The summed E-state index contributed by atoms with van der Waals surface area (Å²) in [5, 5.41) is 4.01. The van der Waals surface area contributed by atoms with Gasteiger partial charge in [-0.15, -0.1) is 0 Å². The number of carbonyl (C=O) groups excluding carboxylic acids is 1. The van der Waals surface area contributed by atoms with Crippen molar-refractivity contribution < 1.29 is 13.9 Å². The molecule has 0 saturated heterocycles. The summed E-state index contributed by atoms with van der Waals surface area (Å²) < 4.78 is 20.8. The second-order valence-corrected chi connectivity index (χ2v) is 7.35. The van der Waals surface area contributed by atoms with Crippen LogP contribution in [-0.4, -0.2) is 34.9 Å². The number of hydrogen-bond donors (Lipinski definition) is 1. The predicted octanol–water partition coefficient (Wildman–Crippen LogP) is 4.51. The van der Waals surface area contributed by atoms with Gasteiger partial charge < -0.3 is 14.6 Å². The monoisotopic (exact) mass is 407 g/mol. The maximum atomic E-state index is 13.6. The van der Waals surface area contributed by atoms with Crippen LogP contribution >= 0.6 is 23.4 Å². The number of fused-ring (bicyclic) bond motifs is 1. The van der Waals surface area contributed by atoms with Crippen molar-refractivity contribution in [2.75, 3.05) is 24.8 Å². The number of ether oxygens (including phenoxy) is 1. The van der Waals surface area contributed by atoms with Gasteiger partial charge in [-0.25, -0.2) is 9.37 Å². The van der Waals surface area contributed by atoms with Gasteiger partial charge in [-0.05, 0) is 42.8 Å². The lowest BCUT2D eigenvalue weighted by Gasteiger charge is -2.09.